The molecular weight excluding hydrogens is 384 g/mol. The van der Waals surface area contributed by atoms with Crippen LogP contribution in [0.1, 0.15) is 33.6 Å². The molecule has 136 valence electrons. The van der Waals surface area contributed by atoms with Gasteiger partial charge in [-0.15, -0.1) is 23.5 Å². The predicted octanol–water partition coefficient (Wildman–Crippen LogP) is 5.24. The Morgan fingerprint density at radius 2 is 1.35 bits per heavy atom. The van der Waals surface area contributed by atoms with Crippen LogP contribution in [0.4, 0.5) is 0 Å². The van der Waals surface area contributed by atoms with E-state index in [4.69, 9.17) is 12.2 Å². The molecule has 2 aromatic rings. The fraction of sp³-hybridized carbons (Fsp3) is 0.211. The Balaban J connectivity index is 2.06. The van der Waals surface area contributed by atoms with Crippen molar-refractivity contribution in [3.8, 4) is 11.5 Å². The summed E-state index contributed by atoms with van der Waals surface area (Å²) in [5.74, 6) is 1.41. The second-order valence-corrected chi connectivity index (χ2v) is 8.64. The lowest BCUT2D eigenvalue weighted by molar-refractivity contribution is 0.462. The number of thioether (sulfide) groups is 2. The summed E-state index contributed by atoms with van der Waals surface area (Å²) in [6, 6.07) is 0. The first-order valence-corrected chi connectivity index (χ1v) is 10.2. The Morgan fingerprint density at radius 3 is 1.69 bits per heavy atom. The number of rotatable bonds is 6. The van der Waals surface area contributed by atoms with Crippen LogP contribution in [0.5, 0.6) is 11.5 Å². The maximum Gasteiger partial charge on any atom is 0.141 e. The molecule has 0 unspecified atom stereocenters. The fourth-order valence-electron chi connectivity index (χ4n) is 2.28. The SMILES string of the molecule is C=Cc1cnc(C)c(O)c1CSC(=S)SCc1c(C=C)cnc(C)c1O. The molecule has 7 heteroatoms. The number of hydrogen-bond donors (Lipinski definition) is 2. The van der Waals surface area contributed by atoms with Crippen molar-refractivity contribution in [1.82, 2.24) is 9.97 Å². The zero-order valence-corrected chi connectivity index (χ0v) is 17.1. The summed E-state index contributed by atoms with van der Waals surface area (Å²) in [7, 11) is 0. The zero-order valence-electron chi connectivity index (χ0n) is 14.7. The molecule has 0 bridgehead atoms. The third-order valence-corrected chi connectivity index (χ3v) is 6.61. The van der Waals surface area contributed by atoms with Gasteiger partial charge in [0.15, 0.2) is 0 Å². The Labute approximate surface area is 167 Å². The number of aromatic hydroxyl groups is 2. The van der Waals surface area contributed by atoms with Crippen molar-refractivity contribution in [3.05, 3.63) is 59.2 Å². The Bertz CT molecular complexity index is 797. The monoisotopic (exact) mass is 404 g/mol. The van der Waals surface area contributed by atoms with Crippen LogP contribution < -0.4 is 0 Å². The van der Waals surface area contributed by atoms with Gasteiger partial charge in [-0.1, -0.05) is 37.5 Å². The van der Waals surface area contributed by atoms with Crippen molar-refractivity contribution in [2.24, 2.45) is 0 Å². The van der Waals surface area contributed by atoms with Crippen LogP contribution in [0.15, 0.2) is 25.6 Å². The minimum absolute atomic E-state index is 0.180. The highest BCUT2D eigenvalue weighted by molar-refractivity contribution is 8.46. The lowest BCUT2D eigenvalue weighted by atomic mass is 10.1. The highest BCUT2D eigenvalue weighted by Gasteiger charge is 2.14. The highest BCUT2D eigenvalue weighted by Crippen LogP contribution is 2.34. The van der Waals surface area contributed by atoms with E-state index >= 15 is 0 Å². The average Bonchev–Trinajstić information content (AvgIpc) is 2.63. The summed E-state index contributed by atoms with van der Waals surface area (Å²) >= 11 is 8.36. The van der Waals surface area contributed by atoms with Crippen molar-refractivity contribution in [2.75, 3.05) is 0 Å². The van der Waals surface area contributed by atoms with E-state index in [1.165, 1.54) is 23.5 Å². The Morgan fingerprint density at radius 1 is 0.962 bits per heavy atom. The Hall–Kier alpha value is -1.83. The smallest absolute Gasteiger partial charge is 0.141 e. The second-order valence-electron chi connectivity index (χ2n) is 5.49. The van der Waals surface area contributed by atoms with Crippen LogP contribution in [-0.4, -0.2) is 23.7 Å². The largest absolute Gasteiger partial charge is 0.506 e. The molecule has 2 aromatic heterocycles. The summed E-state index contributed by atoms with van der Waals surface area (Å²) in [5.41, 5.74) is 4.30. The summed E-state index contributed by atoms with van der Waals surface area (Å²) in [4.78, 5) is 8.28. The van der Waals surface area contributed by atoms with E-state index in [0.29, 0.717) is 22.9 Å². The second kappa shape index (κ2) is 9.21. The molecule has 2 N–H and O–H groups in total. The molecule has 0 fully saturated rings. The van der Waals surface area contributed by atoms with Crippen LogP contribution in [0.2, 0.25) is 0 Å². The van der Waals surface area contributed by atoms with Crippen molar-refractivity contribution >= 4 is 51.4 Å². The van der Waals surface area contributed by atoms with Gasteiger partial charge in [0.25, 0.3) is 0 Å². The molecule has 0 aliphatic rings. The van der Waals surface area contributed by atoms with Crippen LogP contribution >= 0.6 is 35.7 Å². The molecule has 2 heterocycles. The van der Waals surface area contributed by atoms with E-state index in [0.717, 1.165) is 25.8 Å². The first-order chi connectivity index (χ1) is 12.4. The molecule has 0 spiro atoms. The van der Waals surface area contributed by atoms with Gasteiger partial charge in [0, 0.05) is 35.0 Å². The summed E-state index contributed by atoms with van der Waals surface area (Å²) in [6.07, 6.45) is 6.74. The van der Waals surface area contributed by atoms with Crippen molar-refractivity contribution in [1.29, 1.82) is 0 Å². The molecule has 26 heavy (non-hydrogen) atoms. The number of hydrogen-bond acceptors (Lipinski definition) is 7. The number of thiocarbonyl (C=S) groups is 1. The maximum absolute atomic E-state index is 10.2. The van der Waals surface area contributed by atoms with Crippen LogP contribution in [0, 0.1) is 13.8 Å². The fourth-order valence-corrected chi connectivity index (χ4v) is 4.45. The van der Waals surface area contributed by atoms with Gasteiger partial charge < -0.3 is 10.2 Å². The highest BCUT2D eigenvalue weighted by atomic mass is 32.2. The van der Waals surface area contributed by atoms with Crippen LogP contribution in [0.3, 0.4) is 0 Å². The number of pyridine rings is 2. The van der Waals surface area contributed by atoms with Gasteiger partial charge in [-0.05, 0) is 25.0 Å². The molecular formula is C19H20N2O2S3. The summed E-state index contributed by atoms with van der Waals surface area (Å²) in [5, 5.41) is 20.5. The zero-order chi connectivity index (χ0) is 19.3. The average molecular weight is 405 g/mol. The topological polar surface area (TPSA) is 66.2 Å². The lowest BCUT2D eigenvalue weighted by Gasteiger charge is -2.12. The summed E-state index contributed by atoms with van der Waals surface area (Å²) in [6.45, 7) is 11.0. The standard InChI is InChI=1S/C19H20N2O2S3/c1-5-13-7-20-11(3)17(22)15(13)9-25-19(24)26-10-16-14(6-2)8-21-12(4)18(16)23/h5-8,22-23H,1-2,9-10H2,3-4H3. The van der Waals surface area contributed by atoms with Crippen molar-refractivity contribution in [2.45, 2.75) is 25.4 Å². The number of aromatic nitrogens is 2. The van der Waals surface area contributed by atoms with Crippen LogP contribution in [0.25, 0.3) is 12.2 Å². The van der Waals surface area contributed by atoms with Gasteiger partial charge in [-0.3, -0.25) is 9.97 Å². The van der Waals surface area contributed by atoms with E-state index in [9.17, 15) is 10.2 Å². The van der Waals surface area contributed by atoms with E-state index in [-0.39, 0.29) is 11.5 Å². The molecule has 2 rings (SSSR count). The third-order valence-electron chi connectivity index (χ3n) is 3.86. The van der Waals surface area contributed by atoms with Crippen molar-refractivity contribution < 1.29 is 10.2 Å². The minimum atomic E-state index is 0.180. The molecule has 4 nitrogen and oxygen atoms in total. The molecule has 0 aliphatic carbocycles. The molecule has 0 radical (unpaired) electrons. The van der Waals surface area contributed by atoms with Crippen LogP contribution in [-0.2, 0) is 11.5 Å². The molecule has 0 aliphatic heterocycles. The maximum atomic E-state index is 10.2. The molecule has 0 saturated carbocycles. The molecule has 0 atom stereocenters. The predicted molar refractivity (Wildman–Crippen MR) is 117 cm³/mol. The first-order valence-electron chi connectivity index (χ1n) is 7.78. The normalized spacial score (nSPS) is 10.5. The molecule has 0 amide bonds. The van der Waals surface area contributed by atoms with Gasteiger partial charge in [0.2, 0.25) is 0 Å². The van der Waals surface area contributed by atoms with Gasteiger partial charge in [-0.25, -0.2) is 0 Å². The van der Waals surface area contributed by atoms with E-state index in [1.807, 2.05) is 0 Å². The third kappa shape index (κ3) is 4.66. The summed E-state index contributed by atoms with van der Waals surface area (Å²) < 4.78 is 0.720. The quantitative estimate of drug-likeness (QED) is 0.638. The van der Waals surface area contributed by atoms with Crippen molar-refractivity contribution in [3.63, 3.8) is 0 Å². The number of nitrogens with zero attached hydrogens (tertiary/aromatic N) is 2. The van der Waals surface area contributed by atoms with E-state index < -0.39 is 0 Å². The molecule has 0 aromatic carbocycles. The van der Waals surface area contributed by atoms with Gasteiger partial charge in [0.1, 0.15) is 15.0 Å². The number of aryl methyl sites for hydroxylation is 2. The van der Waals surface area contributed by atoms with E-state index in [2.05, 4.69) is 23.1 Å². The van der Waals surface area contributed by atoms with Gasteiger partial charge in [-0.2, -0.15) is 0 Å². The van der Waals surface area contributed by atoms with E-state index in [1.54, 1.807) is 38.4 Å². The first kappa shape index (κ1) is 20.5. The van der Waals surface area contributed by atoms with Gasteiger partial charge >= 0.3 is 0 Å². The minimum Gasteiger partial charge on any atom is -0.506 e. The molecule has 0 saturated heterocycles. The van der Waals surface area contributed by atoms with Gasteiger partial charge in [0.05, 0.1) is 11.4 Å². The Kier molecular flexibility index (Phi) is 7.25. The lowest BCUT2D eigenvalue weighted by Crippen LogP contribution is -1.96.